The second-order valence-corrected chi connectivity index (χ2v) is 17.0. The number of ether oxygens (including phenoxy) is 2. The minimum Gasteiger partial charge on any atom is -0.393 e. The molecule has 2 aliphatic heterocycles. The van der Waals surface area contributed by atoms with Crippen molar-refractivity contribution in [3.8, 4) is 0 Å². The molecule has 0 radical (unpaired) electrons. The number of methoxy groups -OCH3 is 1. The zero-order valence-corrected chi connectivity index (χ0v) is 34.8. The lowest BCUT2D eigenvalue weighted by atomic mass is 9.83. The average molecular weight is 770 g/mol. The molecule has 0 bridgehead atoms. The Bertz CT molecular complexity index is 1250. The van der Waals surface area contributed by atoms with E-state index < -0.39 is 17.6 Å². The Kier molecular flexibility index (Phi) is 19.7. The van der Waals surface area contributed by atoms with Crippen LogP contribution in [0.1, 0.15) is 135 Å². The minimum atomic E-state index is -1.25. The highest BCUT2D eigenvalue weighted by Crippen LogP contribution is 2.30. The van der Waals surface area contributed by atoms with Gasteiger partial charge in [0, 0.05) is 32.7 Å². The summed E-state index contributed by atoms with van der Waals surface area (Å²) in [5, 5.41) is 16.1. The van der Waals surface area contributed by atoms with Gasteiger partial charge in [-0.05, 0) is 94.7 Å². The number of hydrogen-bond acceptors (Lipinski definition) is 7. The summed E-state index contributed by atoms with van der Waals surface area (Å²) in [6, 6.07) is 9.80. The first-order chi connectivity index (χ1) is 26.6. The first-order valence-electron chi connectivity index (χ1n) is 21.9. The monoisotopic (exact) mass is 770 g/mol. The summed E-state index contributed by atoms with van der Waals surface area (Å²) in [7, 11) is 1.60. The number of aliphatic hydroxyl groups excluding tert-OH is 1. The van der Waals surface area contributed by atoms with Crippen molar-refractivity contribution in [3.05, 3.63) is 35.9 Å². The highest BCUT2D eigenvalue weighted by molar-refractivity contribution is 5.92. The molecule has 0 aromatic heterocycles. The van der Waals surface area contributed by atoms with E-state index in [0.717, 1.165) is 50.8 Å². The molecular formula is C44H75N5O6. The second kappa shape index (κ2) is 24.1. The third kappa shape index (κ3) is 14.9. The van der Waals surface area contributed by atoms with Gasteiger partial charge in [0.2, 0.25) is 5.91 Å². The van der Waals surface area contributed by atoms with Crippen LogP contribution in [0.4, 0.5) is 4.79 Å². The van der Waals surface area contributed by atoms with Crippen LogP contribution in [0.25, 0.3) is 0 Å². The number of nitrogens with zero attached hydrogens (tertiary/aromatic N) is 3. The Balaban J connectivity index is 1.57. The van der Waals surface area contributed by atoms with E-state index in [2.05, 4.69) is 34.7 Å². The number of hydrogen-bond donors (Lipinski definition) is 3. The van der Waals surface area contributed by atoms with Gasteiger partial charge in [0.05, 0.1) is 18.8 Å². The first kappa shape index (κ1) is 45.0. The Labute approximate surface area is 332 Å². The Hall–Kier alpha value is -2.73. The van der Waals surface area contributed by atoms with Crippen molar-refractivity contribution in [1.82, 2.24) is 25.6 Å². The lowest BCUT2D eigenvalue weighted by Crippen LogP contribution is -2.65. The van der Waals surface area contributed by atoms with Crippen LogP contribution in [0.15, 0.2) is 30.3 Å². The standard InChI is InChI=1S/C44H75N5O6/c1-5-6-25-44(26-22-37-18-12-8-13-19-37,45-43(53)48-29-23-39(24-30-48)55-34-54-4)42(52)46-49(32-31-47-27-14-9-15-28-47)41(51)40(35(2)3)33-38(50)21-20-36-16-10-7-11-17-36/h8,12-13,18-19,35-36,38-40,50H,5-7,9-11,14-17,20-34H2,1-4H3,(H,45,53)(H,46,52)/t38-,40-,44+/m0/s1. The van der Waals surface area contributed by atoms with E-state index >= 15 is 4.79 Å². The van der Waals surface area contributed by atoms with Gasteiger partial charge in [0.1, 0.15) is 12.3 Å². The molecule has 11 heteroatoms. The Morgan fingerprint density at radius 2 is 1.64 bits per heavy atom. The number of carbonyl (C=O) groups is 3. The molecule has 3 aliphatic rings. The Morgan fingerprint density at radius 1 is 0.945 bits per heavy atom. The number of unbranched alkanes of at least 4 members (excludes halogenated alkanes) is 1. The third-order valence-electron chi connectivity index (χ3n) is 12.4. The zero-order valence-electron chi connectivity index (χ0n) is 34.8. The number of rotatable bonds is 21. The molecule has 1 saturated carbocycles. The molecule has 312 valence electrons. The van der Waals surface area contributed by atoms with Crippen LogP contribution >= 0.6 is 0 Å². The van der Waals surface area contributed by atoms with Crippen molar-refractivity contribution in [2.75, 3.05) is 53.2 Å². The number of piperidine rings is 2. The SMILES string of the molecule is CCCC[C@](CCc1ccccc1)(NC(=O)N1CCC(OCOC)CC1)C(=O)NN(CCN1CCCCC1)C(=O)[C@@H](C[C@@H](O)CCC1CCCCC1)C(C)C. The van der Waals surface area contributed by atoms with E-state index in [1.165, 1.54) is 38.5 Å². The number of aryl methyl sites for hydroxylation is 1. The van der Waals surface area contributed by atoms with E-state index in [0.29, 0.717) is 77.0 Å². The van der Waals surface area contributed by atoms with Gasteiger partial charge in [-0.1, -0.05) is 102 Å². The number of amides is 4. The fourth-order valence-corrected chi connectivity index (χ4v) is 8.74. The van der Waals surface area contributed by atoms with Crippen molar-refractivity contribution in [2.24, 2.45) is 17.8 Å². The van der Waals surface area contributed by atoms with Crippen molar-refractivity contribution < 1.29 is 29.0 Å². The van der Waals surface area contributed by atoms with E-state index in [1.807, 2.05) is 32.0 Å². The maximum atomic E-state index is 15.0. The summed E-state index contributed by atoms with van der Waals surface area (Å²) in [5.74, 6) is -0.322. The maximum absolute atomic E-state index is 15.0. The largest absolute Gasteiger partial charge is 0.393 e. The quantitative estimate of drug-likeness (QED) is 0.0903. The van der Waals surface area contributed by atoms with Gasteiger partial charge in [-0.25, -0.2) is 4.79 Å². The van der Waals surface area contributed by atoms with Crippen LogP contribution in [0.5, 0.6) is 0 Å². The van der Waals surface area contributed by atoms with Crippen LogP contribution in [0.3, 0.4) is 0 Å². The number of aliphatic hydroxyl groups is 1. The van der Waals surface area contributed by atoms with Crippen LogP contribution in [0, 0.1) is 17.8 Å². The Morgan fingerprint density at radius 3 is 2.29 bits per heavy atom. The maximum Gasteiger partial charge on any atom is 0.318 e. The van der Waals surface area contributed by atoms with E-state index in [9.17, 15) is 14.7 Å². The van der Waals surface area contributed by atoms with Gasteiger partial charge >= 0.3 is 6.03 Å². The number of urea groups is 1. The van der Waals surface area contributed by atoms with Crippen LogP contribution in [-0.4, -0.2) is 109 Å². The number of nitrogens with one attached hydrogen (secondary N) is 2. The summed E-state index contributed by atoms with van der Waals surface area (Å²) in [6.07, 6.45) is 15.7. The lowest BCUT2D eigenvalue weighted by molar-refractivity contribution is -0.149. The molecule has 4 amide bonds. The molecular weight excluding hydrogens is 695 g/mol. The lowest BCUT2D eigenvalue weighted by Gasteiger charge is -2.40. The molecule has 2 saturated heterocycles. The summed E-state index contributed by atoms with van der Waals surface area (Å²) in [5.41, 5.74) is 2.98. The molecule has 3 N–H and O–H groups in total. The average Bonchev–Trinajstić information content (AvgIpc) is 3.21. The van der Waals surface area contributed by atoms with Gasteiger partial charge in [-0.15, -0.1) is 0 Å². The molecule has 0 unspecified atom stereocenters. The highest BCUT2D eigenvalue weighted by atomic mass is 16.7. The van der Waals surface area contributed by atoms with Crippen LogP contribution in [-0.2, 0) is 25.5 Å². The molecule has 55 heavy (non-hydrogen) atoms. The van der Waals surface area contributed by atoms with Crippen LogP contribution < -0.4 is 10.7 Å². The molecule has 1 aliphatic carbocycles. The van der Waals surface area contributed by atoms with Crippen LogP contribution in [0.2, 0.25) is 0 Å². The molecule has 4 rings (SSSR count). The number of benzene rings is 1. The molecule has 11 nitrogen and oxygen atoms in total. The predicted molar refractivity (Wildman–Crippen MR) is 218 cm³/mol. The van der Waals surface area contributed by atoms with Gasteiger partial charge in [0.25, 0.3) is 5.91 Å². The van der Waals surface area contributed by atoms with Gasteiger partial charge in [-0.3, -0.25) is 20.0 Å². The summed E-state index contributed by atoms with van der Waals surface area (Å²) < 4.78 is 10.9. The van der Waals surface area contributed by atoms with Gasteiger partial charge in [-0.2, -0.15) is 0 Å². The zero-order chi connectivity index (χ0) is 39.5. The number of carbonyl (C=O) groups excluding carboxylic acids is 3. The second-order valence-electron chi connectivity index (χ2n) is 17.0. The normalized spacial score (nSPS) is 19.8. The summed E-state index contributed by atoms with van der Waals surface area (Å²) in [4.78, 5) is 48.0. The third-order valence-corrected chi connectivity index (χ3v) is 12.4. The van der Waals surface area contributed by atoms with E-state index in [1.54, 1.807) is 17.0 Å². The van der Waals surface area contributed by atoms with Gasteiger partial charge < -0.3 is 29.7 Å². The first-order valence-corrected chi connectivity index (χ1v) is 21.9. The van der Waals surface area contributed by atoms with Crippen molar-refractivity contribution in [3.63, 3.8) is 0 Å². The molecule has 1 aromatic rings. The number of likely N-dealkylation sites (tertiary alicyclic amines) is 2. The topological polar surface area (TPSA) is 124 Å². The van der Waals surface area contributed by atoms with E-state index in [4.69, 9.17) is 9.47 Å². The molecule has 0 spiro atoms. The molecule has 1 aromatic carbocycles. The van der Waals surface area contributed by atoms with Crippen molar-refractivity contribution in [2.45, 2.75) is 154 Å². The smallest absolute Gasteiger partial charge is 0.318 e. The minimum absolute atomic E-state index is 0.0226. The van der Waals surface area contributed by atoms with E-state index in [-0.39, 0.29) is 36.7 Å². The van der Waals surface area contributed by atoms with Crippen molar-refractivity contribution in [1.29, 1.82) is 0 Å². The summed E-state index contributed by atoms with van der Waals surface area (Å²) in [6.45, 7) is 10.4. The molecule has 3 atom stereocenters. The summed E-state index contributed by atoms with van der Waals surface area (Å²) >= 11 is 0. The predicted octanol–water partition coefficient (Wildman–Crippen LogP) is 7.07. The molecule has 2 heterocycles. The molecule has 3 fully saturated rings. The van der Waals surface area contributed by atoms with Gasteiger partial charge in [0.15, 0.2) is 0 Å². The highest BCUT2D eigenvalue weighted by Gasteiger charge is 2.43. The fraction of sp³-hybridized carbons (Fsp3) is 0.795. The van der Waals surface area contributed by atoms with Crippen molar-refractivity contribution >= 4 is 17.8 Å². The fourth-order valence-electron chi connectivity index (χ4n) is 8.74. The number of hydrazine groups is 1.